The Bertz CT molecular complexity index is 1020. The molecule has 0 bridgehead atoms. The number of hydrogen-bond donors (Lipinski definition) is 2. The standard InChI is InChI=1S/C28H40N2O6/c1-17(31)28(35)13-10-22-20-7-6-18-15-19(8-11-26(18,2)21(20)9-12-27(22,28)3)29-36-16-24(32)30-14-4-5-23(30)25(33)34/h15,20-23,35H,4-14,16H2,1-3H3,(H,33,34)/b29-19-/t20?,21?,22?,23?,26-,27-,28-/m0/s1. The predicted octanol–water partition coefficient (Wildman–Crippen LogP) is 3.72. The molecule has 1 amide bonds. The number of Topliss-reactive ketones (excluding diaryl/α,β-unsaturated/α-hetero) is 1. The van der Waals surface area contributed by atoms with Gasteiger partial charge in [-0.05, 0) is 100 Å². The Labute approximate surface area is 213 Å². The maximum absolute atomic E-state index is 12.5. The number of hydrogen-bond acceptors (Lipinski definition) is 6. The lowest BCUT2D eigenvalue weighted by Gasteiger charge is -2.59. The number of fused-ring (bicyclic) bond motifs is 5. The Morgan fingerprint density at radius 1 is 1.08 bits per heavy atom. The van der Waals surface area contributed by atoms with Crippen LogP contribution < -0.4 is 0 Å². The summed E-state index contributed by atoms with van der Waals surface area (Å²) in [6.07, 6.45) is 10.6. The van der Waals surface area contributed by atoms with Crippen LogP contribution in [-0.2, 0) is 19.2 Å². The highest BCUT2D eigenvalue weighted by atomic mass is 16.6. The summed E-state index contributed by atoms with van der Waals surface area (Å²) in [4.78, 5) is 43.0. The van der Waals surface area contributed by atoms with E-state index in [0.717, 1.165) is 50.7 Å². The maximum Gasteiger partial charge on any atom is 0.326 e. The second-order valence-corrected chi connectivity index (χ2v) is 12.4. The van der Waals surface area contributed by atoms with Gasteiger partial charge in [0.15, 0.2) is 12.4 Å². The zero-order valence-electron chi connectivity index (χ0n) is 21.8. The molecule has 0 aromatic rings. The van der Waals surface area contributed by atoms with Crippen molar-refractivity contribution < 1.29 is 29.4 Å². The van der Waals surface area contributed by atoms with Crippen molar-refractivity contribution in [3.05, 3.63) is 11.6 Å². The van der Waals surface area contributed by atoms with Crippen molar-refractivity contribution >= 4 is 23.4 Å². The molecule has 5 aliphatic rings. The molecule has 198 valence electrons. The zero-order valence-corrected chi connectivity index (χ0v) is 21.8. The molecule has 4 aliphatic carbocycles. The first-order chi connectivity index (χ1) is 17.0. The molecular formula is C28H40N2O6. The van der Waals surface area contributed by atoms with Crippen LogP contribution in [0.4, 0.5) is 0 Å². The zero-order chi connectivity index (χ0) is 25.9. The molecule has 5 rings (SSSR count). The van der Waals surface area contributed by atoms with Crippen molar-refractivity contribution in [3.8, 4) is 0 Å². The number of carboxylic acids is 1. The molecule has 0 spiro atoms. The van der Waals surface area contributed by atoms with Crippen molar-refractivity contribution in [2.45, 2.75) is 96.6 Å². The molecule has 3 saturated carbocycles. The van der Waals surface area contributed by atoms with E-state index in [1.807, 2.05) is 0 Å². The van der Waals surface area contributed by atoms with Gasteiger partial charge >= 0.3 is 5.97 Å². The average Bonchev–Trinajstić information content (AvgIpc) is 3.43. The SMILES string of the molecule is CC(=O)[C@@]1(O)CCC2C3CCC4=C/C(=N\OCC(=O)N5CCCC5C(=O)O)CC[C@]4(C)C3CC[C@@]21C. The molecule has 4 fully saturated rings. The van der Waals surface area contributed by atoms with E-state index in [1.54, 1.807) is 6.92 Å². The second-order valence-electron chi connectivity index (χ2n) is 12.4. The number of carbonyl (C=O) groups is 3. The van der Waals surface area contributed by atoms with Gasteiger partial charge < -0.3 is 20.0 Å². The van der Waals surface area contributed by atoms with Crippen LogP contribution in [0.15, 0.2) is 16.8 Å². The minimum Gasteiger partial charge on any atom is -0.480 e. The number of rotatable bonds is 5. The number of oxime groups is 1. The third-order valence-electron chi connectivity index (χ3n) is 10.9. The van der Waals surface area contributed by atoms with Crippen molar-refractivity contribution in [3.63, 3.8) is 0 Å². The molecule has 1 saturated heterocycles. The Hall–Kier alpha value is -2.22. The van der Waals surface area contributed by atoms with Gasteiger partial charge in [0.1, 0.15) is 11.6 Å². The fraction of sp³-hybridized carbons (Fsp3) is 0.786. The number of amides is 1. The summed E-state index contributed by atoms with van der Waals surface area (Å²) in [7, 11) is 0. The van der Waals surface area contributed by atoms with Gasteiger partial charge in [-0.25, -0.2) is 4.79 Å². The minimum absolute atomic E-state index is 0.0752. The fourth-order valence-corrected chi connectivity index (χ4v) is 8.81. The van der Waals surface area contributed by atoms with Gasteiger partial charge in [0, 0.05) is 12.0 Å². The summed E-state index contributed by atoms with van der Waals surface area (Å²) in [6.45, 7) is 6.30. The molecule has 4 unspecified atom stereocenters. The van der Waals surface area contributed by atoms with Crippen LogP contribution in [0.1, 0.15) is 85.0 Å². The van der Waals surface area contributed by atoms with Crippen LogP contribution >= 0.6 is 0 Å². The largest absolute Gasteiger partial charge is 0.480 e. The summed E-state index contributed by atoms with van der Waals surface area (Å²) in [5, 5.41) is 24.9. The lowest BCUT2D eigenvalue weighted by molar-refractivity contribution is -0.159. The number of carboxylic acid groups (broad SMARTS) is 1. The number of aliphatic carboxylic acids is 1. The first kappa shape index (κ1) is 25.4. The summed E-state index contributed by atoms with van der Waals surface area (Å²) in [6, 6.07) is -0.759. The Morgan fingerprint density at radius 2 is 1.83 bits per heavy atom. The third-order valence-corrected chi connectivity index (χ3v) is 10.9. The van der Waals surface area contributed by atoms with Gasteiger partial charge in [0.05, 0.1) is 5.71 Å². The fourth-order valence-electron chi connectivity index (χ4n) is 8.81. The molecule has 8 nitrogen and oxygen atoms in total. The summed E-state index contributed by atoms with van der Waals surface area (Å²) in [5.41, 5.74) is 0.824. The minimum atomic E-state index is -1.18. The second kappa shape index (κ2) is 8.96. The van der Waals surface area contributed by atoms with Crippen LogP contribution in [0.3, 0.4) is 0 Å². The Balaban J connectivity index is 1.26. The van der Waals surface area contributed by atoms with Crippen molar-refractivity contribution in [1.82, 2.24) is 4.90 Å². The Morgan fingerprint density at radius 3 is 2.56 bits per heavy atom. The van der Waals surface area contributed by atoms with E-state index in [1.165, 1.54) is 10.5 Å². The van der Waals surface area contributed by atoms with E-state index in [4.69, 9.17) is 4.84 Å². The molecule has 1 heterocycles. The van der Waals surface area contributed by atoms with Crippen LogP contribution in [0.5, 0.6) is 0 Å². The van der Waals surface area contributed by atoms with E-state index in [9.17, 15) is 24.6 Å². The van der Waals surface area contributed by atoms with E-state index >= 15 is 0 Å². The van der Waals surface area contributed by atoms with Gasteiger partial charge in [0.25, 0.3) is 5.91 Å². The van der Waals surface area contributed by atoms with Gasteiger partial charge in [-0.3, -0.25) is 9.59 Å². The van der Waals surface area contributed by atoms with E-state index < -0.39 is 17.6 Å². The number of likely N-dealkylation sites (tertiary alicyclic amines) is 1. The topological polar surface area (TPSA) is 117 Å². The molecule has 0 aromatic heterocycles. The van der Waals surface area contributed by atoms with Crippen LogP contribution in [0, 0.1) is 28.6 Å². The molecule has 36 heavy (non-hydrogen) atoms. The molecule has 8 heteroatoms. The predicted molar refractivity (Wildman–Crippen MR) is 133 cm³/mol. The van der Waals surface area contributed by atoms with Gasteiger partial charge in [-0.15, -0.1) is 0 Å². The first-order valence-electron chi connectivity index (χ1n) is 13.7. The van der Waals surface area contributed by atoms with Crippen molar-refractivity contribution in [2.75, 3.05) is 13.2 Å². The lowest BCUT2D eigenvalue weighted by Crippen LogP contribution is -2.57. The monoisotopic (exact) mass is 500 g/mol. The first-order valence-corrected chi connectivity index (χ1v) is 13.7. The summed E-state index contributed by atoms with van der Waals surface area (Å²) in [5.74, 6) is 0.0734. The quantitative estimate of drug-likeness (QED) is 0.556. The maximum atomic E-state index is 12.5. The smallest absolute Gasteiger partial charge is 0.326 e. The molecule has 0 aromatic carbocycles. The van der Waals surface area contributed by atoms with Crippen molar-refractivity contribution in [2.24, 2.45) is 33.7 Å². The number of ketones is 1. The molecule has 7 atom stereocenters. The third kappa shape index (κ3) is 3.74. The number of aliphatic hydroxyl groups is 1. The molecule has 1 aliphatic heterocycles. The van der Waals surface area contributed by atoms with Gasteiger partial charge in [-0.1, -0.05) is 24.6 Å². The van der Waals surface area contributed by atoms with Crippen molar-refractivity contribution in [1.29, 1.82) is 0 Å². The van der Waals surface area contributed by atoms with E-state index in [0.29, 0.717) is 43.6 Å². The van der Waals surface area contributed by atoms with Crippen LogP contribution in [-0.4, -0.2) is 63.3 Å². The lowest BCUT2D eigenvalue weighted by atomic mass is 9.46. The average molecular weight is 501 g/mol. The van der Waals surface area contributed by atoms with E-state index in [-0.39, 0.29) is 29.1 Å². The summed E-state index contributed by atoms with van der Waals surface area (Å²) < 4.78 is 0. The van der Waals surface area contributed by atoms with E-state index in [2.05, 4.69) is 25.1 Å². The van der Waals surface area contributed by atoms with Gasteiger partial charge in [0.2, 0.25) is 0 Å². The Kier molecular flexibility index (Phi) is 6.33. The highest BCUT2D eigenvalue weighted by Crippen LogP contribution is 2.67. The summed E-state index contributed by atoms with van der Waals surface area (Å²) >= 11 is 0. The van der Waals surface area contributed by atoms with Gasteiger partial charge in [-0.2, -0.15) is 0 Å². The van der Waals surface area contributed by atoms with Crippen LogP contribution in [0.2, 0.25) is 0 Å². The molecular weight excluding hydrogens is 460 g/mol. The normalized spacial score (nSPS) is 42.8. The molecule has 2 N–H and O–H groups in total. The molecule has 0 radical (unpaired) electrons. The van der Waals surface area contributed by atoms with Crippen LogP contribution in [0.25, 0.3) is 0 Å². The number of nitrogens with zero attached hydrogens (tertiary/aromatic N) is 2. The highest BCUT2D eigenvalue weighted by Gasteiger charge is 2.65. The number of carbonyl (C=O) groups excluding carboxylic acids is 2. The number of allylic oxidation sites excluding steroid dienone is 2. The highest BCUT2D eigenvalue weighted by molar-refractivity contribution is 5.96.